The lowest BCUT2D eigenvalue weighted by Gasteiger charge is -2.00. The summed E-state index contributed by atoms with van der Waals surface area (Å²) in [5.74, 6) is 0. The van der Waals surface area contributed by atoms with Crippen LogP contribution in [0.4, 0.5) is 0 Å². The van der Waals surface area contributed by atoms with E-state index in [2.05, 4.69) is 0 Å². The van der Waals surface area contributed by atoms with E-state index in [1.54, 1.807) is 6.92 Å². The second-order valence-electron chi connectivity index (χ2n) is 1.25. The molecule has 0 fully saturated rings. The molecule has 2 heteroatoms. The third-order valence-electron chi connectivity index (χ3n) is 0.683. The summed E-state index contributed by atoms with van der Waals surface area (Å²) in [6, 6.07) is 0. The Bertz CT molecular complexity index is 70.6. The third kappa shape index (κ3) is 2.53. The molecular weight excluding hydrogens is 104 g/mol. The molecule has 0 aromatic carbocycles. The Labute approximate surface area is 49.1 Å². The quantitative estimate of drug-likeness (QED) is 0.498. The average molecular weight is 113 g/mol. The lowest BCUT2D eigenvalue weighted by Crippen LogP contribution is -2.09. The van der Waals surface area contributed by atoms with Gasteiger partial charge in [-0.25, -0.2) is 0 Å². The van der Waals surface area contributed by atoms with Gasteiger partial charge in [-0.2, -0.15) is 0 Å². The standard InChI is InChI=1S/C6H9O2/c1-3-6(5-7)8-4-2/h1,3,5-6H,4H2,2H3. The minimum atomic E-state index is -0.528. The Morgan fingerprint density at radius 1 is 1.88 bits per heavy atom. The van der Waals surface area contributed by atoms with Crippen LogP contribution in [0.15, 0.2) is 6.08 Å². The Morgan fingerprint density at radius 3 is 2.62 bits per heavy atom. The van der Waals surface area contributed by atoms with Gasteiger partial charge in [0.25, 0.3) is 0 Å². The molecule has 0 N–H and O–H groups in total. The molecule has 0 aliphatic carbocycles. The van der Waals surface area contributed by atoms with Gasteiger partial charge in [0.1, 0.15) is 6.10 Å². The predicted molar refractivity (Wildman–Crippen MR) is 30.3 cm³/mol. The van der Waals surface area contributed by atoms with Gasteiger partial charge in [0, 0.05) is 6.61 Å². The smallest absolute Gasteiger partial charge is 0.152 e. The van der Waals surface area contributed by atoms with Crippen LogP contribution in [0.3, 0.4) is 0 Å². The van der Waals surface area contributed by atoms with Crippen molar-refractivity contribution in [1.82, 2.24) is 0 Å². The molecule has 0 spiro atoms. The monoisotopic (exact) mass is 113 g/mol. The zero-order valence-electron chi connectivity index (χ0n) is 4.83. The molecule has 0 aromatic heterocycles. The first-order chi connectivity index (χ1) is 3.85. The van der Waals surface area contributed by atoms with Crippen molar-refractivity contribution >= 4 is 6.29 Å². The molecule has 0 rings (SSSR count). The topological polar surface area (TPSA) is 26.3 Å². The number of hydrogen-bond acceptors (Lipinski definition) is 2. The minimum absolute atomic E-state index is 0.511. The van der Waals surface area contributed by atoms with E-state index in [1.807, 2.05) is 0 Å². The van der Waals surface area contributed by atoms with Crippen molar-refractivity contribution < 1.29 is 9.53 Å². The van der Waals surface area contributed by atoms with E-state index < -0.39 is 6.10 Å². The van der Waals surface area contributed by atoms with Gasteiger partial charge in [0.05, 0.1) is 0 Å². The lowest BCUT2D eigenvalue weighted by atomic mass is 10.4. The van der Waals surface area contributed by atoms with Crippen LogP contribution in [0.25, 0.3) is 0 Å². The Hall–Kier alpha value is -0.630. The van der Waals surface area contributed by atoms with E-state index in [1.165, 1.54) is 6.08 Å². The minimum Gasteiger partial charge on any atom is -0.367 e. The largest absolute Gasteiger partial charge is 0.367 e. The fourth-order valence-corrected chi connectivity index (χ4v) is 0.333. The third-order valence-corrected chi connectivity index (χ3v) is 0.683. The van der Waals surface area contributed by atoms with E-state index >= 15 is 0 Å². The summed E-state index contributed by atoms with van der Waals surface area (Å²) >= 11 is 0. The number of rotatable bonds is 4. The highest BCUT2D eigenvalue weighted by atomic mass is 16.5. The second-order valence-corrected chi connectivity index (χ2v) is 1.25. The van der Waals surface area contributed by atoms with Gasteiger partial charge >= 0.3 is 0 Å². The van der Waals surface area contributed by atoms with E-state index in [0.29, 0.717) is 12.9 Å². The maximum atomic E-state index is 9.89. The van der Waals surface area contributed by atoms with Gasteiger partial charge in [0.2, 0.25) is 0 Å². The van der Waals surface area contributed by atoms with Crippen LogP contribution in [0.5, 0.6) is 0 Å². The Balaban J connectivity index is 3.35. The number of carbonyl (C=O) groups is 1. The van der Waals surface area contributed by atoms with Crippen molar-refractivity contribution in [3.05, 3.63) is 12.7 Å². The molecule has 0 saturated heterocycles. The summed E-state index contributed by atoms with van der Waals surface area (Å²) in [6.45, 7) is 7.30. The number of ether oxygens (including phenoxy) is 1. The van der Waals surface area contributed by atoms with Crippen molar-refractivity contribution in [3.63, 3.8) is 0 Å². The van der Waals surface area contributed by atoms with Crippen molar-refractivity contribution in [1.29, 1.82) is 0 Å². The molecule has 8 heavy (non-hydrogen) atoms. The van der Waals surface area contributed by atoms with Crippen LogP contribution in [0.2, 0.25) is 0 Å². The summed E-state index contributed by atoms with van der Waals surface area (Å²) < 4.78 is 4.79. The first-order valence-corrected chi connectivity index (χ1v) is 2.47. The molecular formula is C6H9O2. The molecule has 1 atom stereocenters. The van der Waals surface area contributed by atoms with Crippen molar-refractivity contribution in [2.45, 2.75) is 13.0 Å². The van der Waals surface area contributed by atoms with Crippen LogP contribution in [0, 0.1) is 6.58 Å². The summed E-state index contributed by atoms with van der Waals surface area (Å²) in [5.41, 5.74) is 0. The molecule has 0 aliphatic rings. The molecule has 0 saturated carbocycles. The normalized spacial score (nSPS) is 12.6. The molecule has 1 unspecified atom stereocenters. The zero-order valence-corrected chi connectivity index (χ0v) is 4.83. The van der Waals surface area contributed by atoms with Crippen LogP contribution in [0.1, 0.15) is 6.92 Å². The second kappa shape index (κ2) is 4.53. The van der Waals surface area contributed by atoms with E-state index in [4.69, 9.17) is 11.3 Å². The molecule has 0 heterocycles. The van der Waals surface area contributed by atoms with Crippen molar-refractivity contribution in [3.8, 4) is 0 Å². The molecule has 45 valence electrons. The number of carbonyl (C=O) groups excluding carboxylic acids is 1. The molecule has 1 radical (unpaired) electrons. The van der Waals surface area contributed by atoms with Crippen LogP contribution in [-0.2, 0) is 9.53 Å². The van der Waals surface area contributed by atoms with Gasteiger partial charge in [-0.3, -0.25) is 0 Å². The van der Waals surface area contributed by atoms with Crippen LogP contribution in [-0.4, -0.2) is 19.0 Å². The van der Waals surface area contributed by atoms with Gasteiger partial charge in [-0.05, 0) is 13.0 Å². The van der Waals surface area contributed by atoms with Gasteiger partial charge < -0.3 is 9.53 Å². The van der Waals surface area contributed by atoms with Gasteiger partial charge in [-0.1, -0.05) is 6.58 Å². The lowest BCUT2D eigenvalue weighted by molar-refractivity contribution is -0.115. The molecule has 0 aromatic rings. The number of hydrogen-bond donors (Lipinski definition) is 0. The highest BCUT2D eigenvalue weighted by molar-refractivity contribution is 5.58. The maximum absolute atomic E-state index is 9.89. The summed E-state index contributed by atoms with van der Waals surface area (Å²) in [6.07, 6.45) is 1.35. The average Bonchev–Trinajstić information content (AvgIpc) is 1.83. The summed E-state index contributed by atoms with van der Waals surface area (Å²) in [4.78, 5) is 9.89. The van der Waals surface area contributed by atoms with Crippen LogP contribution < -0.4 is 0 Å². The maximum Gasteiger partial charge on any atom is 0.152 e. The Kier molecular flexibility index (Phi) is 4.17. The highest BCUT2D eigenvalue weighted by Gasteiger charge is 1.96. The van der Waals surface area contributed by atoms with Gasteiger partial charge in [0.15, 0.2) is 6.29 Å². The van der Waals surface area contributed by atoms with E-state index in [0.717, 1.165) is 0 Å². The molecule has 2 nitrogen and oxygen atoms in total. The molecule has 0 bridgehead atoms. The highest BCUT2D eigenvalue weighted by Crippen LogP contribution is 1.85. The molecule has 0 aliphatic heterocycles. The fourth-order valence-electron chi connectivity index (χ4n) is 0.333. The first kappa shape index (κ1) is 7.37. The predicted octanol–water partition coefficient (Wildman–Crippen LogP) is 0.580. The van der Waals surface area contributed by atoms with Crippen molar-refractivity contribution in [2.75, 3.05) is 6.61 Å². The number of aldehydes is 1. The first-order valence-electron chi connectivity index (χ1n) is 2.47. The SMILES string of the molecule is [CH]=CC(C=O)OCC. The molecule has 0 amide bonds. The summed E-state index contributed by atoms with van der Waals surface area (Å²) in [7, 11) is 0. The Morgan fingerprint density at radius 2 is 2.50 bits per heavy atom. The zero-order chi connectivity index (χ0) is 6.41. The summed E-state index contributed by atoms with van der Waals surface area (Å²) in [5, 5.41) is 0. The van der Waals surface area contributed by atoms with Gasteiger partial charge in [-0.15, -0.1) is 0 Å². The van der Waals surface area contributed by atoms with Crippen molar-refractivity contribution in [2.24, 2.45) is 0 Å². The van der Waals surface area contributed by atoms with Crippen LogP contribution >= 0.6 is 0 Å². The van der Waals surface area contributed by atoms with E-state index in [-0.39, 0.29) is 0 Å². The van der Waals surface area contributed by atoms with E-state index in [9.17, 15) is 4.79 Å². The fraction of sp³-hybridized carbons (Fsp3) is 0.500.